The summed E-state index contributed by atoms with van der Waals surface area (Å²) in [4.78, 5) is 35.9. The molecule has 10 heteroatoms. The summed E-state index contributed by atoms with van der Waals surface area (Å²) in [5, 5.41) is 5.48. The molecule has 2 aliphatic heterocycles. The molecule has 0 bridgehead atoms. The second-order valence-corrected chi connectivity index (χ2v) is 10.2. The summed E-state index contributed by atoms with van der Waals surface area (Å²) in [5.74, 6) is -0.822. The molecule has 2 heterocycles. The summed E-state index contributed by atoms with van der Waals surface area (Å²) in [5.41, 5.74) is 2.02. The van der Waals surface area contributed by atoms with Gasteiger partial charge in [0.05, 0.1) is 16.5 Å². The Labute approximate surface area is 192 Å². The molecule has 0 aliphatic carbocycles. The number of anilines is 2. The predicted molar refractivity (Wildman–Crippen MR) is 122 cm³/mol. The van der Waals surface area contributed by atoms with E-state index in [4.69, 9.17) is 4.74 Å². The Morgan fingerprint density at radius 2 is 1.91 bits per heavy atom. The number of amides is 2. The Balaban J connectivity index is 1.50. The van der Waals surface area contributed by atoms with Crippen molar-refractivity contribution >= 4 is 39.0 Å². The second kappa shape index (κ2) is 8.95. The van der Waals surface area contributed by atoms with Gasteiger partial charge in [-0.05, 0) is 62.6 Å². The number of ether oxygens (including phenoxy) is 1. The molecule has 0 radical (unpaired) electrons. The van der Waals surface area contributed by atoms with Crippen LogP contribution in [-0.2, 0) is 19.6 Å². The predicted octanol–water partition coefficient (Wildman–Crippen LogP) is 2.57. The molecule has 0 saturated carbocycles. The average Bonchev–Trinajstić information content (AvgIpc) is 2.78. The van der Waals surface area contributed by atoms with E-state index < -0.39 is 15.9 Å². The van der Waals surface area contributed by atoms with Crippen molar-refractivity contribution in [2.24, 2.45) is 5.92 Å². The molecule has 4 rings (SSSR count). The largest absolute Gasteiger partial charge is 0.482 e. The Morgan fingerprint density at radius 3 is 2.61 bits per heavy atom. The number of aryl methyl sites for hydroxylation is 1. The van der Waals surface area contributed by atoms with Gasteiger partial charge in [-0.25, -0.2) is 8.42 Å². The van der Waals surface area contributed by atoms with E-state index in [1.54, 1.807) is 37.3 Å². The highest BCUT2D eigenvalue weighted by molar-refractivity contribution is 7.89. The van der Waals surface area contributed by atoms with E-state index in [1.807, 2.05) is 0 Å². The SMILES string of the molecule is CC(=O)c1ccc(NC(=O)[C@H]2CCCN(S(=O)(=O)c3cc4c(cc3C)NC(=O)CO4)C2)cc1. The van der Waals surface area contributed by atoms with Crippen LogP contribution in [0.5, 0.6) is 5.75 Å². The number of ketones is 1. The molecule has 2 aromatic carbocycles. The van der Waals surface area contributed by atoms with Crippen LogP contribution in [0.1, 0.15) is 35.7 Å². The number of piperidine rings is 1. The number of nitrogens with one attached hydrogen (secondary N) is 2. The number of hydrogen-bond donors (Lipinski definition) is 2. The molecule has 2 amide bonds. The monoisotopic (exact) mass is 471 g/mol. The van der Waals surface area contributed by atoms with E-state index in [-0.39, 0.29) is 35.6 Å². The molecule has 2 N–H and O–H groups in total. The van der Waals surface area contributed by atoms with Crippen LogP contribution in [0, 0.1) is 12.8 Å². The lowest BCUT2D eigenvalue weighted by molar-refractivity contribution is -0.121. The number of nitrogens with zero attached hydrogens (tertiary/aromatic N) is 1. The molecular formula is C23H25N3O6S. The van der Waals surface area contributed by atoms with Crippen LogP contribution in [0.15, 0.2) is 41.3 Å². The van der Waals surface area contributed by atoms with Gasteiger partial charge in [0.25, 0.3) is 5.91 Å². The summed E-state index contributed by atoms with van der Waals surface area (Å²) in [6.07, 6.45) is 1.12. The van der Waals surface area contributed by atoms with Gasteiger partial charge in [-0.2, -0.15) is 4.31 Å². The van der Waals surface area contributed by atoms with E-state index >= 15 is 0 Å². The summed E-state index contributed by atoms with van der Waals surface area (Å²) >= 11 is 0. The van der Waals surface area contributed by atoms with Gasteiger partial charge in [-0.1, -0.05) is 0 Å². The van der Waals surface area contributed by atoms with Crippen LogP contribution in [0.4, 0.5) is 11.4 Å². The second-order valence-electron chi connectivity index (χ2n) is 8.28. The third kappa shape index (κ3) is 4.76. The van der Waals surface area contributed by atoms with E-state index in [1.165, 1.54) is 17.3 Å². The topological polar surface area (TPSA) is 122 Å². The normalized spacial score (nSPS) is 18.6. The number of carbonyl (C=O) groups is 3. The Kier molecular flexibility index (Phi) is 6.22. The van der Waals surface area contributed by atoms with Crippen molar-refractivity contribution in [3.05, 3.63) is 47.5 Å². The average molecular weight is 472 g/mol. The molecule has 2 aliphatic rings. The van der Waals surface area contributed by atoms with E-state index in [2.05, 4.69) is 10.6 Å². The summed E-state index contributed by atoms with van der Waals surface area (Å²) < 4.78 is 33.5. The first-order valence-electron chi connectivity index (χ1n) is 10.6. The van der Waals surface area contributed by atoms with Crippen molar-refractivity contribution in [1.29, 1.82) is 0 Å². The van der Waals surface area contributed by atoms with Gasteiger partial charge in [0.15, 0.2) is 12.4 Å². The fraction of sp³-hybridized carbons (Fsp3) is 0.348. The van der Waals surface area contributed by atoms with Crippen LogP contribution in [-0.4, -0.2) is 50.0 Å². The number of benzene rings is 2. The van der Waals surface area contributed by atoms with E-state index in [0.717, 1.165) is 0 Å². The van der Waals surface area contributed by atoms with Crippen molar-refractivity contribution in [2.45, 2.75) is 31.6 Å². The maximum absolute atomic E-state index is 13.4. The Bertz CT molecular complexity index is 1220. The minimum absolute atomic E-state index is 0.0633. The van der Waals surface area contributed by atoms with Crippen LogP contribution in [0.2, 0.25) is 0 Å². The lowest BCUT2D eigenvalue weighted by Crippen LogP contribution is -2.43. The van der Waals surface area contributed by atoms with Gasteiger partial charge >= 0.3 is 0 Å². The van der Waals surface area contributed by atoms with Crippen LogP contribution >= 0.6 is 0 Å². The first-order valence-corrected chi connectivity index (χ1v) is 12.1. The van der Waals surface area contributed by atoms with Crippen molar-refractivity contribution in [1.82, 2.24) is 4.31 Å². The lowest BCUT2D eigenvalue weighted by Gasteiger charge is -2.32. The van der Waals surface area contributed by atoms with Gasteiger partial charge in [0, 0.05) is 30.4 Å². The number of sulfonamides is 1. The van der Waals surface area contributed by atoms with E-state index in [0.29, 0.717) is 47.6 Å². The number of rotatable bonds is 5. The number of carbonyl (C=O) groups excluding carboxylic acids is 3. The molecule has 174 valence electrons. The molecule has 2 aromatic rings. The molecule has 33 heavy (non-hydrogen) atoms. The summed E-state index contributed by atoms with van der Waals surface area (Å²) in [6.45, 7) is 3.33. The van der Waals surface area contributed by atoms with Gasteiger partial charge in [-0.15, -0.1) is 0 Å². The van der Waals surface area contributed by atoms with E-state index in [9.17, 15) is 22.8 Å². The highest BCUT2D eigenvalue weighted by Gasteiger charge is 2.35. The lowest BCUT2D eigenvalue weighted by atomic mass is 9.98. The number of hydrogen-bond acceptors (Lipinski definition) is 6. The fourth-order valence-corrected chi connectivity index (χ4v) is 5.79. The number of fused-ring (bicyclic) bond motifs is 1. The van der Waals surface area contributed by atoms with Gasteiger partial charge < -0.3 is 15.4 Å². The first-order chi connectivity index (χ1) is 15.6. The van der Waals surface area contributed by atoms with Gasteiger partial charge in [-0.3, -0.25) is 14.4 Å². The summed E-state index contributed by atoms with van der Waals surface area (Å²) in [7, 11) is -3.87. The molecule has 9 nitrogen and oxygen atoms in total. The zero-order valence-electron chi connectivity index (χ0n) is 18.4. The zero-order chi connectivity index (χ0) is 23.8. The van der Waals surface area contributed by atoms with Crippen LogP contribution in [0.3, 0.4) is 0 Å². The van der Waals surface area contributed by atoms with Gasteiger partial charge in [0.2, 0.25) is 15.9 Å². The molecule has 1 fully saturated rings. The van der Waals surface area contributed by atoms with Crippen LogP contribution in [0.25, 0.3) is 0 Å². The molecular weight excluding hydrogens is 446 g/mol. The Morgan fingerprint density at radius 1 is 1.18 bits per heavy atom. The number of Topliss-reactive ketones (excluding diaryl/α,β-unsaturated/α-hetero) is 1. The minimum Gasteiger partial charge on any atom is -0.482 e. The maximum atomic E-state index is 13.4. The minimum atomic E-state index is -3.87. The highest BCUT2D eigenvalue weighted by Crippen LogP contribution is 2.35. The highest BCUT2D eigenvalue weighted by atomic mass is 32.2. The van der Waals surface area contributed by atoms with Gasteiger partial charge in [0.1, 0.15) is 5.75 Å². The molecule has 0 aromatic heterocycles. The molecule has 1 saturated heterocycles. The fourth-order valence-electron chi connectivity index (χ4n) is 4.04. The standard InChI is InChI=1S/C23H25N3O6S/c1-14-10-19-20(32-13-22(28)25-19)11-21(14)33(30,31)26-9-3-4-17(12-26)23(29)24-18-7-5-16(6-8-18)15(2)27/h5-8,10-11,17H,3-4,9,12-13H2,1-2H3,(H,24,29)(H,25,28)/t17-/m0/s1. The van der Waals surface area contributed by atoms with Crippen LogP contribution < -0.4 is 15.4 Å². The smallest absolute Gasteiger partial charge is 0.262 e. The van der Waals surface area contributed by atoms with Crippen molar-refractivity contribution in [3.8, 4) is 5.75 Å². The molecule has 0 unspecified atom stereocenters. The van der Waals surface area contributed by atoms with Crippen molar-refractivity contribution in [3.63, 3.8) is 0 Å². The van der Waals surface area contributed by atoms with Crippen molar-refractivity contribution < 1.29 is 27.5 Å². The zero-order valence-corrected chi connectivity index (χ0v) is 19.2. The third-order valence-corrected chi connectivity index (χ3v) is 7.85. The summed E-state index contributed by atoms with van der Waals surface area (Å²) in [6, 6.07) is 9.60. The third-order valence-electron chi connectivity index (χ3n) is 5.84. The molecule has 1 atom stereocenters. The first kappa shape index (κ1) is 22.9. The maximum Gasteiger partial charge on any atom is 0.262 e. The molecule has 0 spiro atoms. The quantitative estimate of drug-likeness (QED) is 0.647. The Hall–Kier alpha value is -3.24. The van der Waals surface area contributed by atoms with Crippen molar-refractivity contribution in [2.75, 3.05) is 30.3 Å².